The minimum Gasteiger partial charge on any atom is -0.496 e. The van der Waals surface area contributed by atoms with Crippen LogP contribution in [-0.4, -0.2) is 13.0 Å². The maximum absolute atomic E-state index is 13.4. The lowest BCUT2D eigenvalue weighted by Gasteiger charge is -2.11. The zero-order valence-corrected chi connectivity index (χ0v) is 18.5. The van der Waals surface area contributed by atoms with Gasteiger partial charge in [0.05, 0.1) is 13.4 Å². The van der Waals surface area contributed by atoms with Crippen molar-refractivity contribution in [2.75, 3.05) is 12.4 Å². The second kappa shape index (κ2) is 8.71. The number of aryl methyl sites for hydroxylation is 2. The molecule has 4 nitrogen and oxygen atoms in total. The number of hydrogen-bond acceptors (Lipinski definition) is 3. The first-order chi connectivity index (χ1) is 15.4. The van der Waals surface area contributed by atoms with Crippen LogP contribution in [0.2, 0.25) is 0 Å². The Bertz CT molecular complexity index is 1350. The van der Waals surface area contributed by atoms with Gasteiger partial charge in [-0.1, -0.05) is 29.8 Å². The predicted octanol–water partition coefficient (Wildman–Crippen LogP) is 6.91. The molecular weight excluding hydrogens is 405 g/mol. The number of ether oxygens (including phenoxy) is 1. The fourth-order valence-electron chi connectivity index (χ4n) is 3.88. The van der Waals surface area contributed by atoms with E-state index in [1.807, 2.05) is 19.1 Å². The van der Waals surface area contributed by atoms with Gasteiger partial charge < -0.3 is 14.5 Å². The van der Waals surface area contributed by atoms with E-state index < -0.39 is 5.82 Å². The molecular formula is C27H24FNO3. The van der Waals surface area contributed by atoms with Gasteiger partial charge in [0.2, 0.25) is 5.91 Å². The maximum Gasteiger partial charge on any atom is 0.248 e. The summed E-state index contributed by atoms with van der Waals surface area (Å²) < 4.78 is 24.8. The van der Waals surface area contributed by atoms with Crippen molar-refractivity contribution in [1.82, 2.24) is 0 Å². The molecule has 1 amide bonds. The second-order valence-corrected chi connectivity index (χ2v) is 7.84. The number of methoxy groups -OCH3 is 1. The number of benzene rings is 3. The van der Waals surface area contributed by atoms with Crippen molar-refractivity contribution < 1.29 is 18.3 Å². The predicted molar refractivity (Wildman–Crippen MR) is 126 cm³/mol. The lowest BCUT2D eigenvalue weighted by atomic mass is 9.96. The van der Waals surface area contributed by atoms with E-state index in [1.165, 1.54) is 23.8 Å². The number of carbonyl (C=O) groups is 1. The van der Waals surface area contributed by atoms with Gasteiger partial charge in [-0.2, -0.15) is 0 Å². The van der Waals surface area contributed by atoms with Gasteiger partial charge in [-0.15, -0.1) is 0 Å². The van der Waals surface area contributed by atoms with E-state index in [2.05, 4.69) is 37.4 Å². The highest BCUT2D eigenvalue weighted by Gasteiger charge is 2.16. The molecule has 0 fully saturated rings. The number of allylic oxidation sites excluding steroid dienone is 1. The zero-order valence-electron chi connectivity index (χ0n) is 18.5. The fraction of sp³-hybridized carbons (Fsp3) is 0.148. The Morgan fingerprint density at radius 2 is 1.88 bits per heavy atom. The van der Waals surface area contributed by atoms with E-state index in [0.717, 1.165) is 27.6 Å². The summed E-state index contributed by atoms with van der Waals surface area (Å²) in [5.41, 5.74) is 7.03. The fourth-order valence-corrected chi connectivity index (χ4v) is 3.88. The topological polar surface area (TPSA) is 51.5 Å². The van der Waals surface area contributed by atoms with E-state index in [-0.39, 0.29) is 5.91 Å². The van der Waals surface area contributed by atoms with Crippen LogP contribution in [0.5, 0.6) is 5.75 Å². The van der Waals surface area contributed by atoms with Crippen LogP contribution in [-0.2, 0) is 4.79 Å². The molecule has 0 unspecified atom stereocenters. The standard InChI is InChI=1S/C27H24FNO3/c1-16-8-9-21(17(2)10-16)24-15-32-26-14-25(31-4)22(13-23(24)26)18(3)11-27(30)29-20-7-5-6-19(28)12-20/h5-15H,1-4H3,(H,29,30)/b18-11+. The Morgan fingerprint density at radius 3 is 2.59 bits per heavy atom. The number of rotatable bonds is 5. The Morgan fingerprint density at radius 1 is 1.06 bits per heavy atom. The van der Waals surface area contributed by atoms with E-state index in [9.17, 15) is 9.18 Å². The Balaban J connectivity index is 1.74. The summed E-state index contributed by atoms with van der Waals surface area (Å²) in [6, 6.07) is 15.9. The van der Waals surface area contributed by atoms with Crippen LogP contribution >= 0.6 is 0 Å². The first-order valence-corrected chi connectivity index (χ1v) is 10.3. The van der Waals surface area contributed by atoms with Gasteiger partial charge in [-0.3, -0.25) is 4.79 Å². The molecule has 0 saturated carbocycles. The third kappa shape index (κ3) is 4.28. The minimum atomic E-state index is -0.408. The van der Waals surface area contributed by atoms with Crippen LogP contribution in [0, 0.1) is 19.7 Å². The largest absolute Gasteiger partial charge is 0.496 e. The third-order valence-electron chi connectivity index (χ3n) is 5.43. The molecule has 0 radical (unpaired) electrons. The normalized spacial score (nSPS) is 11.6. The highest BCUT2D eigenvalue weighted by molar-refractivity contribution is 6.05. The van der Waals surface area contributed by atoms with Crippen LogP contribution in [0.3, 0.4) is 0 Å². The molecule has 4 aromatic rings. The molecule has 0 atom stereocenters. The Hall–Kier alpha value is -3.86. The molecule has 0 saturated heterocycles. The Kier molecular flexibility index (Phi) is 5.82. The van der Waals surface area contributed by atoms with Crippen molar-refractivity contribution in [3.8, 4) is 16.9 Å². The van der Waals surface area contributed by atoms with Gasteiger partial charge in [0.25, 0.3) is 0 Å². The van der Waals surface area contributed by atoms with Gasteiger partial charge in [0, 0.05) is 34.3 Å². The molecule has 0 aliphatic carbocycles. The molecule has 4 rings (SSSR count). The van der Waals surface area contributed by atoms with Gasteiger partial charge in [-0.25, -0.2) is 4.39 Å². The summed E-state index contributed by atoms with van der Waals surface area (Å²) in [6.45, 7) is 5.98. The van der Waals surface area contributed by atoms with Crippen molar-refractivity contribution in [3.63, 3.8) is 0 Å². The van der Waals surface area contributed by atoms with Crippen molar-refractivity contribution in [2.45, 2.75) is 20.8 Å². The van der Waals surface area contributed by atoms with Crippen LogP contribution < -0.4 is 10.1 Å². The molecule has 0 bridgehead atoms. The van der Waals surface area contributed by atoms with E-state index in [4.69, 9.17) is 9.15 Å². The Labute approximate surface area is 186 Å². The summed E-state index contributed by atoms with van der Waals surface area (Å²) in [5.74, 6) is -0.155. The zero-order chi connectivity index (χ0) is 22.8. The molecule has 0 aliphatic rings. The number of amides is 1. The summed E-state index contributed by atoms with van der Waals surface area (Å²) in [5, 5.41) is 3.62. The SMILES string of the molecule is COc1cc2occ(-c3ccc(C)cc3C)c2cc1/C(C)=C/C(=O)Nc1cccc(F)c1. The van der Waals surface area contributed by atoms with Crippen LogP contribution in [0.25, 0.3) is 27.7 Å². The van der Waals surface area contributed by atoms with Crippen LogP contribution in [0.15, 0.2) is 71.4 Å². The summed E-state index contributed by atoms with van der Waals surface area (Å²) in [7, 11) is 1.58. The molecule has 0 aliphatic heterocycles. The minimum absolute atomic E-state index is 0.350. The summed E-state index contributed by atoms with van der Waals surface area (Å²) >= 11 is 0. The molecule has 162 valence electrons. The summed E-state index contributed by atoms with van der Waals surface area (Å²) in [6.07, 6.45) is 3.23. The molecule has 1 aromatic heterocycles. The molecule has 0 spiro atoms. The third-order valence-corrected chi connectivity index (χ3v) is 5.43. The summed E-state index contributed by atoms with van der Waals surface area (Å²) in [4.78, 5) is 12.5. The van der Waals surface area contributed by atoms with Gasteiger partial charge in [0.1, 0.15) is 17.1 Å². The number of furan rings is 1. The number of carbonyl (C=O) groups excluding carboxylic acids is 1. The van der Waals surface area contributed by atoms with E-state index in [0.29, 0.717) is 22.6 Å². The number of nitrogens with one attached hydrogen (secondary N) is 1. The van der Waals surface area contributed by atoms with Crippen molar-refractivity contribution in [2.24, 2.45) is 0 Å². The molecule has 3 aromatic carbocycles. The quantitative estimate of drug-likeness (QED) is 0.351. The number of hydrogen-bond donors (Lipinski definition) is 1. The highest BCUT2D eigenvalue weighted by Crippen LogP contribution is 2.38. The maximum atomic E-state index is 13.4. The van der Waals surface area contributed by atoms with E-state index in [1.54, 1.807) is 25.5 Å². The molecule has 1 heterocycles. The number of halogens is 1. The number of fused-ring (bicyclic) bond motifs is 1. The first-order valence-electron chi connectivity index (χ1n) is 10.3. The average molecular weight is 429 g/mol. The lowest BCUT2D eigenvalue weighted by Crippen LogP contribution is -2.08. The molecule has 1 N–H and O–H groups in total. The van der Waals surface area contributed by atoms with Crippen LogP contribution in [0.4, 0.5) is 10.1 Å². The van der Waals surface area contributed by atoms with Crippen molar-refractivity contribution in [3.05, 3.63) is 89.4 Å². The van der Waals surface area contributed by atoms with Crippen molar-refractivity contribution >= 4 is 28.1 Å². The van der Waals surface area contributed by atoms with E-state index >= 15 is 0 Å². The van der Waals surface area contributed by atoms with Crippen LogP contribution in [0.1, 0.15) is 23.6 Å². The lowest BCUT2D eigenvalue weighted by molar-refractivity contribution is -0.111. The molecule has 5 heteroatoms. The van der Waals surface area contributed by atoms with Gasteiger partial charge in [-0.05, 0) is 61.7 Å². The van der Waals surface area contributed by atoms with Crippen molar-refractivity contribution in [1.29, 1.82) is 0 Å². The number of anilines is 1. The first kappa shape index (κ1) is 21.4. The van der Waals surface area contributed by atoms with Gasteiger partial charge in [0.15, 0.2) is 0 Å². The van der Waals surface area contributed by atoms with Gasteiger partial charge >= 0.3 is 0 Å². The highest BCUT2D eigenvalue weighted by atomic mass is 19.1. The second-order valence-electron chi connectivity index (χ2n) is 7.84. The smallest absolute Gasteiger partial charge is 0.248 e. The molecule has 32 heavy (non-hydrogen) atoms. The average Bonchev–Trinajstić information content (AvgIpc) is 3.15. The monoisotopic (exact) mass is 429 g/mol.